The molecule has 7 N–H and O–H groups in total. The van der Waals surface area contributed by atoms with Crippen LogP contribution in [0.15, 0.2) is 0 Å². The van der Waals surface area contributed by atoms with Crippen LogP contribution in [0.5, 0.6) is 0 Å². The summed E-state index contributed by atoms with van der Waals surface area (Å²) in [4.78, 5) is 71.1. The molecule has 5 aliphatic heterocycles. The van der Waals surface area contributed by atoms with Crippen LogP contribution in [-0.2, 0) is 90.3 Å². The molecule has 5 rings (SSSR count). The van der Waals surface area contributed by atoms with E-state index in [0.29, 0.717) is 59.8 Å². The minimum absolute atomic E-state index is 0.322. The molecule has 5 saturated heterocycles. The number of ether oxygens (including phenoxy) is 13. The van der Waals surface area contributed by atoms with Crippen LogP contribution < -0.4 is 0 Å². The van der Waals surface area contributed by atoms with Gasteiger partial charge in [0.25, 0.3) is 0 Å². The summed E-state index contributed by atoms with van der Waals surface area (Å²) in [5.74, 6) is -56.1. The van der Waals surface area contributed by atoms with E-state index in [-0.39, 0.29) is 0 Å². The van der Waals surface area contributed by atoms with E-state index >= 15 is 0 Å². The molecule has 0 aromatic heterocycles. The van der Waals surface area contributed by atoms with Gasteiger partial charge in [0.05, 0.1) is 70.3 Å². The van der Waals surface area contributed by atoms with Gasteiger partial charge in [-0.3, -0.25) is 28.8 Å². The van der Waals surface area contributed by atoms with Crippen LogP contribution in [0.25, 0.3) is 0 Å². The van der Waals surface area contributed by atoms with Crippen molar-refractivity contribution in [3.63, 3.8) is 0 Å². The number of rotatable bonds is 21. The lowest BCUT2D eigenvalue weighted by molar-refractivity contribution is -0.505. The molecule has 51 heteroatoms. The number of carbonyl (C=O) groups excluding carboxylic acids is 6. The highest BCUT2D eigenvalue weighted by atomic mass is 19.4. The average Bonchev–Trinajstić information content (AvgIpc) is 0.697. The van der Waals surface area contributed by atoms with Gasteiger partial charge in [-0.25, -0.2) is 0 Å². The molecule has 5 aliphatic rings. The number of halogens is 25. The second-order valence-electron chi connectivity index (χ2n) is 34.2. The van der Waals surface area contributed by atoms with Crippen molar-refractivity contribution in [3.05, 3.63) is 0 Å². The number of esters is 6. The van der Waals surface area contributed by atoms with Crippen LogP contribution in [0.2, 0.25) is 0 Å². The first kappa shape index (κ1) is 116. The molecule has 0 spiro atoms. The van der Waals surface area contributed by atoms with Crippen molar-refractivity contribution in [1.29, 1.82) is 0 Å². The van der Waals surface area contributed by atoms with E-state index in [1.54, 1.807) is 62.3 Å². The van der Waals surface area contributed by atoms with Gasteiger partial charge >= 0.3 is 125 Å². The zero-order chi connectivity index (χ0) is 98.3. The van der Waals surface area contributed by atoms with Crippen molar-refractivity contribution >= 4 is 35.8 Å². The maximum Gasteiger partial charge on any atom is 0.449 e. The SMILES string of the molecule is CCC(C)(C)C(=O)OC(C)C1(C)OCOC(O)(C(F)(F)F)C1(F)F.CCC(C)(C)C(=O)OCC1(C)COC(O)(C(F)(F)F)C(F)(F)C1(C)O.CCC(C)(C)C(=O)OCC1(C)COC(O)(C(F)(F)F)C(F)(F)C1(C)OC(C)=O.CCC(C)(C)C(=O)OCC1COC(O)(C(F)(F)F)C(F)(F)C1(C)O.CCC(C)(C)C(=O)OCC1OCOC(O)(C(F)(F)F)C1(F)F. The summed E-state index contributed by atoms with van der Waals surface area (Å²) < 4.78 is 394. The van der Waals surface area contributed by atoms with Crippen LogP contribution in [0.4, 0.5) is 110 Å². The molecule has 0 saturated carbocycles. The second-order valence-corrected chi connectivity index (χ2v) is 34.2. The zero-order valence-corrected chi connectivity index (χ0v) is 71.0. The van der Waals surface area contributed by atoms with Crippen LogP contribution in [0.3, 0.4) is 0 Å². The lowest BCUT2D eigenvalue weighted by Crippen LogP contribution is -2.79. The van der Waals surface area contributed by atoms with Gasteiger partial charge in [0.15, 0.2) is 30.9 Å². The fraction of sp³-hybridized carbons (Fsp3) is 0.917. The van der Waals surface area contributed by atoms with Gasteiger partial charge in [0.1, 0.15) is 37.1 Å². The summed E-state index contributed by atoms with van der Waals surface area (Å²) in [6.07, 6.45) is -31.6. The summed E-state index contributed by atoms with van der Waals surface area (Å²) in [6.45, 7) is 20.1. The Morgan fingerprint density at radius 1 is 0.390 bits per heavy atom. The van der Waals surface area contributed by atoms with Crippen molar-refractivity contribution in [2.24, 2.45) is 43.8 Å². The Hall–Kier alpha value is -5.49. The van der Waals surface area contributed by atoms with E-state index in [0.717, 1.165) is 27.7 Å². The molecule has 0 aromatic rings. The third kappa shape index (κ3) is 21.3. The van der Waals surface area contributed by atoms with E-state index in [1.165, 1.54) is 41.5 Å². The monoisotopic (exact) mass is 1860 g/mol. The molecule has 0 aliphatic carbocycles. The first-order valence-electron chi connectivity index (χ1n) is 37.0. The summed E-state index contributed by atoms with van der Waals surface area (Å²) in [6, 6.07) is 0. The number of hydrogen-bond donors (Lipinski definition) is 7. The maximum atomic E-state index is 15.0. The van der Waals surface area contributed by atoms with Gasteiger partial charge < -0.3 is 97.3 Å². The van der Waals surface area contributed by atoms with Gasteiger partial charge in [-0.1, -0.05) is 48.5 Å². The van der Waals surface area contributed by atoms with Crippen LogP contribution in [0, 0.1) is 43.8 Å². The quantitative estimate of drug-likeness (QED) is 0.0319. The Labute approximate surface area is 689 Å². The molecule has 726 valence electrons. The maximum absolute atomic E-state index is 15.0. The van der Waals surface area contributed by atoms with Crippen molar-refractivity contribution < 1.29 is 236 Å². The highest BCUT2D eigenvalue weighted by molar-refractivity contribution is 5.78. The predicted octanol–water partition coefficient (Wildman–Crippen LogP) is 13.3. The van der Waals surface area contributed by atoms with E-state index in [1.807, 2.05) is 0 Å². The molecule has 5 fully saturated rings. The topological polar surface area (TPSA) is 364 Å². The fourth-order valence-electron chi connectivity index (χ4n) is 10.4. The first-order chi connectivity index (χ1) is 54.1. The third-order valence-corrected chi connectivity index (χ3v) is 23.3. The Balaban J connectivity index is 0.000000770. The average molecular weight is 1860 g/mol. The molecule has 14 atom stereocenters. The Morgan fingerprint density at radius 3 is 1.06 bits per heavy atom. The molecule has 0 bridgehead atoms. The van der Waals surface area contributed by atoms with Gasteiger partial charge in [-0.2, -0.15) is 110 Å². The summed E-state index contributed by atoms with van der Waals surface area (Å²) in [5, 5.41) is 67.1. The highest BCUT2D eigenvalue weighted by Crippen LogP contribution is 2.62. The van der Waals surface area contributed by atoms with Crippen LogP contribution in [0.1, 0.15) is 191 Å². The first-order valence-corrected chi connectivity index (χ1v) is 37.0. The van der Waals surface area contributed by atoms with Gasteiger partial charge in [0.2, 0.25) is 0 Å². The molecule has 5 heterocycles. The van der Waals surface area contributed by atoms with Crippen LogP contribution >= 0.6 is 0 Å². The number of aliphatic hydroxyl groups is 7. The largest absolute Gasteiger partial charge is 0.465 e. The van der Waals surface area contributed by atoms with E-state index in [2.05, 4.69) is 42.6 Å². The van der Waals surface area contributed by atoms with Crippen molar-refractivity contribution in [1.82, 2.24) is 0 Å². The van der Waals surface area contributed by atoms with Crippen LogP contribution in [-0.4, -0.2) is 255 Å². The molecular formula is C72H107F25O26. The van der Waals surface area contributed by atoms with E-state index in [9.17, 15) is 169 Å². The smallest absolute Gasteiger partial charge is 0.449 e. The lowest BCUT2D eigenvalue weighted by Gasteiger charge is -2.56. The standard InChI is InChI=1S/C17H25F5O6.C15H23F5O5.2C14H21F5O5.C12H17F5O5/c1-7-12(3,4)11(24)26-8-13(5)9-27-16(25,17(20,21)22)15(18,19)14(13,6)28-10(2)23;1-6-10(2,3)9(21)24-7-11(4)8-25-14(23,15(18,19)20)13(16,17)12(11,5)22;1-6-10(3,4)9(20)24-8(2)11(5)12(15,16)13(21,14(17,18)19)23-7-22-11;1-5-10(2,3)9(20)23-6-8-7-24-13(22,14(17,18)19)12(15,16)11(8,4)21;1-4-9(2,3)8(18)20-5-7-10(13,14)11(19,12(15,16)17)22-6-21-7/h25H,7-9H2,1-6H3;22-23H,6-8H2,1-5H3;8,21H,6-7H2,1-5H3;8,21-22H,5-7H2,1-4H3;7,19H,4-6H2,1-3H3. The number of hydrogen-bond acceptors (Lipinski definition) is 26. The van der Waals surface area contributed by atoms with Gasteiger partial charge in [0, 0.05) is 6.92 Å². The summed E-state index contributed by atoms with van der Waals surface area (Å²) >= 11 is 0. The fourth-order valence-corrected chi connectivity index (χ4v) is 10.4. The van der Waals surface area contributed by atoms with Crippen molar-refractivity contribution in [3.8, 4) is 0 Å². The Kier molecular flexibility index (Phi) is 34.9. The number of carbonyl (C=O) groups is 6. The Bertz CT molecular complexity index is 3620. The molecule has 26 nitrogen and oxygen atoms in total. The molecule has 0 aromatic carbocycles. The third-order valence-electron chi connectivity index (χ3n) is 23.3. The van der Waals surface area contributed by atoms with Gasteiger partial charge in [-0.05, 0) is 136 Å². The van der Waals surface area contributed by atoms with E-state index in [4.69, 9.17) is 24.1 Å². The Morgan fingerprint density at radius 2 is 0.699 bits per heavy atom. The van der Waals surface area contributed by atoms with Crippen molar-refractivity contribution in [2.75, 3.05) is 59.8 Å². The molecule has 0 amide bonds. The second kappa shape index (κ2) is 37.2. The molecular weight excluding hydrogens is 1760 g/mol. The number of alkyl halides is 25. The lowest BCUT2D eigenvalue weighted by atomic mass is 9.67. The molecule has 14 unspecified atom stereocenters. The minimum Gasteiger partial charge on any atom is -0.465 e. The summed E-state index contributed by atoms with van der Waals surface area (Å²) in [7, 11) is 0. The predicted molar refractivity (Wildman–Crippen MR) is 365 cm³/mol. The highest BCUT2D eigenvalue weighted by Gasteiger charge is 2.87. The van der Waals surface area contributed by atoms with Crippen molar-refractivity contribution in [2.45, 2.75) is 315 Å². The molecule has 0 radical (unpaired) electrons. The van der Waals surface area contributed by atoms with Gasteiger partial charge in [-0.15, -0.1) is 0 Å². The summed E-state index contributed by atoms with van der Waals surface area (Å²) in [5.41, 5.74) is -21.9. The van der Waals surface area contributed by atoms with E-state index < -0.39 is 264 Å². The minimum atomic E-state index is -5.89. The zero-order valence-electron chi connectivity index (χ0n) is 71.0. The normalized spacial score (nSPS) is 33.1. The molecule has 123 heavy (non-hydrogen) atoms.